The summed E-state index contributed by atoms with van der Waals surface area (Å²) in [6, 6.07) is 20.8. The van der Waals surface area contributed by atoms with Crippen molar-refractivity contribution < 1.29 is 9.53 Å². The molecule has 2 aromatic carbocycles. The molecule has 0 fully saturated rings. The average Bonchev–Trinajstić information content (AvgIpc) is 2.73. The van der Waals surface area contributed by atoms with Crippen LogP contribution in [0.1, 0.15) is 23.0 Å². The van der Waals surface area contributed by atoms with Crippen molar-refractivity contribution in [2.24, 2.45) is 0 Å². The van der Waals surface area contributed by atoms with E-state index in [2.05, 4.69) is 39.5 Å². The monoisotopic (exact) mass is 362 g/mol. The van der Waals surface area contributed by atoms with Gasteiger partial charge >= 0.3 is 0 Å². The van der Waals surface area contributed by atoms with Crippen LogP contribution in [0.4, 0.5) is 11.5 Å². The number of hydrogen-bond donors (Lipinski definition) is 1. The Kier molecular flexibility index (Phi) is 5.99. The lowest BCUT2D eigenvalue weighted by atomic mass is 10.2. The van der Waals surface area contributed by atoms with Gasteiger partial charge in [-0.15, -0.1) is 10.2 Å². The van der Waals surface area contributed by atoms with Gasteiger partial charge in [-0.3, -0.25) is 4.79 Å². The summed E-state index contributed by atoms with van der Waals surface area (Å²) in [4.78, 5) is 14.5. The third-order valence-electron chi connectivity index (χ3n) is 4.15. The number of amides is 1. The van der Waals surface area contributed by atoms with Crippen LogP contribution < -0.4 is 15.0 Å². The number of carbonyl (C=O) groups excluding carboxylic acids is 1. The average molecular weight is 362 g/mol. The lowest BCUT2D eigenvalue weighted by molar-refractivity contribution is 0.102. The van der Waals surface area contributed by atoms with Crippen LogP contribution in [0.25, 0.3) is 0 Å². The molecule has 6 heteroatoms. The highest BCUT2D eigenvalue weighted by Crippen LogP contribution is 2.17. The van der Waals surface area contributed by atoms with Crippen molar-refractivity contribution in [2.45, 2.75) is 13.5 Å². The molecule has 0 saturated heterocycles. The second-order valence-corrected chi connectivity index (χ2v) is 5.96. The van der Waals surface area contributed by atoms with Crippen LogP contribution in [0.15, 0.2) is 66.7 Å². The van der Waals surface area contributed by atoms with E-state index in [-0.39, 0.29) is 11.6 Å². The standard InChI is InChI=1S/C21H22N4O2/c1-3-25(15-16-7-5-4-6-8-16)20-14-13-19(23-24-20)21(26)22-17-9-11-18(27-2)12-10-17/h4-14H,3,15H2,1-2H3,(H,22,26). The highest BCUT2D eigenvalue weighted by Gasteiger charge is 2.12. The normalized spacial score (nSPS) is 10.3. The molecule has 0 bridgehead atoms. The molecule has 0 aliphatic heterocycles. The van der Waals surface area contributed by atoms with Crippen molar-refractivity contribution in [2.75, 3.05) is 23.9 Å². The Hall–Kier alpha value is -3.41. The number of rotatable bonds is 7. The smallest absolute Gasteiger partial charge is 0.276 e. The van der Waals surface area contributed by atoms with Crippen molar-refractivity contribution in [1.82, 2.24) is 10.2 Å². The zero-order chi connectivity index (χ0) is 19.1. The molecule has 138 valence electrons. The van der Waals surface area contributed by atoms with E-state index in [1.165, 1.54) is 5.56 Å². The number of carbonyl (C=O) groups is 1. The maximum Gasteiger partial charge on any atom is 0.276 e. The summed E-state index contributed by atoms with van der Waals surface area (Å²) in [5.74, 6) is 1.17. The quantitative estimate of drug-likeness (QED) is 0.693. The van der Waals surface area contributed by atoms with E-state index in [9.17, 15) is 4.79 Å². The summed E-state index contributed by atoms with van der Waals surface area (Å²) >= 11 is 0. The molecule has 0 aliphatic carbocycles. The lowest BCUT2D eigenvalue weighted by Crippen LogP contribution is -2.24. The third-order valence-corrected chi connectivity index (χ3v) is 4.15. The van der Waals surface area contributed by atoms with Gasteiger partial charge in [-0.05, 0) is 48.9 Å². The van der Waals surface area contributed by atoms with Gasteiger partial charge in [0.15, 0.2) is 11.5 Å². The van der Waals surface area contributed by atoms with E-state index in [1.807, 2.05) is 24.3 Å². The third kappa shape index (κ3) is 4.82. The van der Waals surface area contributed by atoms with Gasteiger partial charge in [0.05, 0.1) is 7.11 Å². The Bertz CT molecular complexity index is 865. The topological polar surface area (TPSA) is 67.4 Å². The van der Waals surface area contributed by atoms with Crippen molar-refractivity contribution in [3.05, 3.63) is 78.0 Å². The van der Waals surface area contributed by atoms with Gasteiger partial charge in [0.2, 0.25) is 0 Å². The van der Waals surface area contributed by atoms with Gasteiger partial charge in [-0.2, -0.15) is 0 Å². The number of anilines is 2. The summed E-state index contributed by atoms with van der Waals surface area (Å²) in [5.41, 5.74) is 2.14. The molecule has 0 unspecified atom stereocenters. The van der Waals surface area contributed by atoms with E-state index in [4.69, 9.17) is 4.74 Å². The first kappa shape index (κ1) is 18.4. The van der Waals surface area contributed by atoms with E-state index in [1.54, 1.807) is 37.4 Å². The molecule has 1 amide bonds. The zero-order valence-corrected chi connectivity index (χ0v) is 15.4. The Labute approximate surface area is 158 Å². The van der Waals surface area contributed by atoms with Gasteiger partial charge in [-0.1, -0.05) is 30.3 Å². The van der Waals surface area contributed by atoms with Gasteiger partial charge < -0.3 is 15.0 Å². The van der Waals surface area contributed by atoms with Gasteiger partial charge in [0, 0.05) is 18.8 Å². The minimum atomic E-state index is -0.301. The number of ether oxygens (including phenoxy) is 1. The first-order valence-electron chi connectivity index (χ1n) is 8.77. The second-order valence-electron chi connectivity index (χ2n) is 5.96. The first-order valence-corrected chi connectivity index (χ1v) is 8.77. The van der Waals surface area contributed by atoms with Crippen LogP contribution >= 0.6 is 0 Å². The van der Waals surface area contributed by atoms with Crippen LogP contribution in [0.3, 0.4) is 0 Å². The predicted octanol–water partition coefficient (Wildman–Crippen LogP) is 3.76. The van der Waals surface area contributed by atoms with Crippen molar-refractivity contribution in [3.63, 3.8) is 0 Å². The predicted molar refractivity (Wildman–Crippen MR) is 106 cm³/mol. The highest BCUT2D eigenvalue weighted by atomic mass is 16.5. The molecule has 27 heavy (non-hydrogen) atoms. The van der Waals surface area contributed by atoms with Crippen molar-refractivity contribution in [1.29, 1.82) is 0 Å². The molecule has 3 aromatic rings. The summed E-state index contributed by atoms with van der Waals surface area (Å²) in [6.07, 6.45) is 0. The fourth-order valence-corrected chi connectivity index (χ4v) is 2.64. The number of methoxy groups -OCH3 is 1. The summed E-state index contributed by atoms with van der Waals surface area (Å²) in [5, 5.41) is 11.1. The van der Waals surface area contributed by atoms with Crippen molar-refractivity contribution >= 4 is 17.4 Å². The molecule has 0 saturated carbocycles. The molecule has 0 spiro atoms. The second kappa shape index (κ2) is 8.80. The molecule has 6 nitrogen and oxygen atoms in total. The molecular weight excluding hydrogens is 340 g/mol. The molecule has 3 rings (SSSR count). The minimum Gasteiger partial charge on any atom is -0.497 e. The molecule has 0 atom stereocenters. The molecule has 1 heterocycles. The number of nitrogens with zero attached hydrogens (tertiary/aromatic N) is 3. The Balaban J connectivity index is 1.66. The highest BCUT2D eigenvalue weighted by molar-refractivity contribution is 6.02. The minimum absolute atomic E-state index is 0.269. The van der Waals surface area contributed by atoms with E-state index < -0.39 is 0 Å². The van der Waals surface area contributed by atoms with Crippen LogP contribution in [-0.4, -0.2) is 29.8 Å². The molecule has 1 aromatic heterocycles. The fraction of sp³-hybridized carbons (Fsp3) is 0.190. The van der Waals surface area contributed by atoms with Crippen LogP contribution in [0, 0.1) is 0 Å². The van der Waals surface area contributed by atoms with Gasteiger partial charge in [-0.25, -0.2) is 0 Å². The number of benzene rings is 2. The number of hydrogen-bond acceptors (Lipinski definition) is 5. The molecular formula is C21H22N4O2. The lowest BCUT2D eigenvalue weighted by Gasteiger charge is -2.21. The van der Waals surface area contributed by atoms with Crippen LogP contribution in [0.5, 0.6) is 5.75 Å². The summed E-state index contributed by atoms with van der Waals surface area (Å²) < 4.78 is 5.11. The van der Waals surface area contributed by atoms with Gasteiger partial charge in [0.1, 0.15) is 5.75 Å². The van der Waals surface area contributed by atoms with Crippen LogP contribution in [-0.2, 0) is 6.54 Å². The largest absolute Gasteiger partial charge is 0.497 e. The SMILES string of the molecule is CCN(Cc1ccccc1)c1ccc(C(=O)Nc2ccc(OC)cc2)nn1. The Morgan fingerprint density at radius 2 is 1.74 bits per heavy atom. The van der Waals surface area contributed by atoms with E-state index in [0.29, 0.717) is 5.69 Å². The number of nitrogens with one attached hydrogen (secondary N) is 1. The van der Waals surface area contributed by atoms with Crippen molar-refractivity contribution in [3.8, 4) is 5.75 Å². The van der Waals surface area contributed by atoms with Gasteiger partial charge in [0.25, 0.3) is 5.91 Å². The van der Waals surface area contributed by atoms with Crippen LogP contribution in [0.2, 0.25) is 0 Å². The fourth-order valence-electron chi connectivity index (χ4n) is 2.64. The Morgan fingerprint density at radius 3 is 2.33 bits per heavy atom. The molecule has 0 aliphatic rings. The molecule has 1 N–H and O–H groups in total. The first-order chi connectivity index (χ1) is 13.2. The Morgan fingerprint density at radius 1 is 1.00 bits per heavy atom. The zero-order valence-electron chi connectivity index (χ0n) is 15.4. The number of aromatic nitrogens is 2. The summed E-state index contributed by atoms with van der Waals surface area (Å²) in [7, 11) is 1.60. The molecule has 0 radical (unpaired) electrons. The maximum absolute atomic E-state index is 12.4. The van der Waals surface area contributed by atoms with E-state index in [0.717, 1.165) is 24.7 Å². The maximum atomic E-state index is 12.4. The summed E-state index contributed by atoms with van der Waals surface area (Å²) in [6.45, 7) is 3.60. The van der Waals surface area contributed by atoms with E-state index >= 15 is 0 Å².